The Balaban J connectivity index is 2.85. The van der Waals surface area contributed by atoms with Gasteiger partial charge >= 0.3 is 0 Å². The first-order chi connectivity index (χ1) is 10.8. The molecule has 0 aliphatic rings. The number of hydrogen-bond donors (Lipinski definition) is 0. The first-order valence-corrected chi connectivity index (χ1v) is 7.11. The monoisotopic (exact) mass is 311 g/mol. The van der Waals surface area contributed by atoms with Crippen LogP contribution in [0.4, 0.5) is 0 Å². The Labute approximate surface area is 134 Å². The Hall–Kier alpha value is -2.82. The van der Waals surface area contributed by atoms with Crippen molar-refractivity contribution < 1.29 is 19.8 Å². The van der Waals surface area contributed by atoms with Crippen molar-refractivity contribution in [2.45, 2.75) is 20.8 Å². The second kappa shape index (κ2) is 6.12. The van der Waals surface area contributed by atoms with E-state index in [1.54, 1.807) is 13.1 Å². The molecule has 0 radical (unpaired) electrons. The van der Waals surface area contributed by atoms with Crippen molar-refractivity contribution in [1.82, 2.24) is 4.57 Å². The first kappa shape index (κ1) is 16.5. The molecule has 0 atom stereocenters. The summed E-state index contributed by atoms with van der Waals surface area (Å²) in [5, 5.41) is 23.8. The molecule has 120 valence electrons. The molecule has 5 nitrogen and oxygen atoms in total. The van der Waals surface area contributed by atoms with E-state index in [0.29, 0.717) is 16.7 Å². The molecule has 23 heavy (non-hydrogen) atoms. The van der Waals surface area contributed by atoms with E-state index < -0.39 is 11.9 Å². The van der Waals surface area contributed by atoms with Crippen LogP contribution in [0.1, 0.15) is 26.3 Å². The number of allylic oxidation sites excluding steroid dienone is 2. The maximum absolute atomic E-state index is 11.6. The van der Waals surface area contributed by atoms with Gasteiger partial charge in [0.1, 0.15) is 0 Å². The van der Waals surface area contributed by atoms with E-state index in [-0.39, 0.29) is 11.1 Å². The number of carboxylic acid groups (broad SMARTS) is 2. The number of hydrogen-bond acceptors (Lipinski definition) is 4. The Kier molecular flexibility index (Phi) is 4.40. The second-order valence-corrected chi connectivity index (χ2v) is 5.62. The SMILES string of the molecule is CC(C)=C(C(=O)[O-])/C(C(=O)[O-])=C(/C)c1cn(C)c2ccccc12. The average molecular weight is 311 g/mol. The molecule has 0 bridgehead atoms. The lowest BCUT2D eigenvalue weighted by molar-refractivity contribution is -0.304. The van der Waals surface area contributed by atoms with Crippen LogP contribution in [0, 0.1) is 0 Å². The van der Waals surface area contributed by atoms with Crippen molar-refractivity contribution in [2.75, 3.05) is 0 Å². The number of carbonyl (C=O) groups excluding carboxylic acids is 2. The van der Waals surface area contributed by atoms with E-state index in [9.17, 15) is 19.8 Å². The zero-order valence-corrected chi connectivity index (χ0v) is 13.5. The summed E-state index contributed by atoms with van der Waals surface area (Å²) in [4.78, 5) is 23.0. The average Bonchev–Trinajstić information content (AvgIpc) is 2.80. The quantitative estimate of drug-likeness (QED) is 0.617. The molecular formula is C18H17NO4-2. The number of nitrogens with zero attached hydrogens (tertiary/aromatic N) is 1. The predicted molar refractivity (Wildman–Crippen MR) is 83.9 cm³/mol. The van der Waals surface area contributed by atoms with Gasteiger partial charge in [0.25, 0.3) is 0 Å². The largest absolute Gasteiger partial charge is 0.545 e. The molecule has 0 saturated heterocycles. The number of aryl methyl sites for hydroxylation is 1. The van der Waals surface area contributed by atoms with Gasteiger partial charge in [-0.1, -0.05) is 23.8 Å². The van der Waals surface area contributed by atoms with E-state index in [1.807, 2.05) is 35.9 Å². The van der Waals surface area contributed by atoms with Crippen LogP contribution in [0.3, 0.4) is 0 Å². The number of aliphatic carboxylic acids is 2. The molecule has 0 aliphatic carbocycles. The molecule has 0 saturated carbocycles. The van der Waals surface area contributed by atoms with E-state index in [1.165, 1.54) is 13.8 Å². The van der Waals surface area contributed by atoms with Crippen molar-refractivity contribution in [2.24, 2.45) is 7.05 Å². The highest BCUT2D eigenvalue weighted by molar-refractivity contribution is 6.11. The predicted octanol–water partition coefficient (Wildman–Crippen LogP) is 0.788. The fraction of sp³-hybridized carbons (Fsp3) is 0.222. The van der Waals surface area contributed by atoms with Crippen molar-refractivity contribution in [3.63, 3.8) is 0 Å². The summed E-state index contributed by atoms with van der Waals surface area (Å²) in [5.41, 5.74) is 1.58. The van der Waals surface area contributed by atoms with Crippen LogP contribution in [0.5, 0.6) is 0 Å². The van der Waals surface area contributed by atoms with Gasteiger partial charge in [-0.3, -0.25) is 0 Å². The number of rotatable bonds is 4. The third-order valence-corrected chi connectivity index (χ3v) is 3.83. The minimum Gasteiger partial charge on any atom is -0.545 e. The number of benzene rings is 1. The van der Waals surface area contributed by atoms with Gasteiger partial charge in [0.05, 0.1) is 11.9 Å². The Morgan fingerprint density at radius 3 is 2.04 bits per heavy atom. The summed E-state index contributed by atoms with van der Waals surface area (Å²) in [6.07, 6.45) is 1.78. The molecule has 0 unspecified atom stereocenters. The van der Waals surface area contributed by atoms with E-state index in [2.05, 4.69) is 0 Å². The lowest BCUT2D eigenvalue weighted by Crippen LogP contribution is -2.34. The number of aromatic nitrogens is 1. The minimum atomic E-state index is -1.53. The fourth-order valence-corrected chi connectivity index (χ4v) is 2.77. The van der Waals surface area contributed by atoms with E-state index in [0.717, 1.165) is 10.9 Å². The Morgan fingerprint density at radius 2 is 1.52 bits per heavy atom. The molecule has 5 heteroatoms. The van der Waals surface area contributed by atoms with Gasteiger partial charge in [0.2, 0.25) is 0 Å². The third kappa shape index (κ3) is 2.90. The third-order valence-electron chi connectivity index (χ3n) is 3.83. The van der Waals surface area contributed by atoms with E-state index >= 15 is 0 Å². The molecule has 1 heterocycles. The number of carbonyl (C=O) groups is 2. The van der Waals surface area contributed by atoms with Crippen molar-refractivity contribution >= 4 is 28.4 Å². The highest BCUT2D eigenvalue weighted by atomic mass is 16.4. The number of fused-ring (bicyclic) bond motifs is 1. The van der Waals surface area contributed by atoms with Crippen LogP contribution in [-0.4, -0.2) is 16.5 Å². The van der Waals surface area contributed by atoms with Gasteiger partial charge in [-0.2, -0.15) is 0 Å². The standard InChI is InChI=1S/C18H19NO4/c1-10(2)15(17(20)21)16(18(22)23)11(3)13-9-19(4)14-8-6-5-7-12(13)14/h5-9H,1-4H3,(H,20,21)(H,22,23)/p-2/b16-11+. The maximum atomic E-state index is 11.6. The van der Waals surface area contributed by atoms with Crippen LogP contribution < -0.4 is 10.2 Å². The highest BCUT2D eigenvalue weighted by Crippen LogP contribution is 2.31. The first-order valence-electron chi connectivity index (χ1n) is 7.11. The van der Waals surface area contributed by atoms with Crippen LogP contribution in [-0.2, 0) is 16.6 Å². The molecule has 0 spiro atoms. The van der Waals surface area contributed by atoms with Gasteiger partial charge in [0, 0.05) is 40.9 Å². The van der Waals surface area contributed by atoms with Gasteiger partial charge in [-0.25, -0.2) is 0 Å². The summed E-state index contributed by atoms with van der Waals surface area (Å²) in [6.45, 7) is 4.65. The van der Waals surface area contributed by atoms with Gasteiger partial charge in [-0.15, -0.1) is 0 Å². The van der Waals surface area contributed by atoms with Crippen LogP contribution in [0.25, 0.3) is 16.5 Å². The van der Waals surface area contributed by atoms with Crippen LogP contribution in [0.2, 0.25) is 0 Å². The summed E-state index contributed by atoms with van der Waals surface area (Å²) in [6, 6.07) is 7.50. The normalized spacial score (nSPS) is 12.0. The minimum absolute atomic E-state index is 0.335. The number of carboxylic acids is 2. The lowest BCUT2D eigenvalue weighted by atomic mass is 9.93. The van der Waals surface area contributed by atoms with Gasteiger partial charge in [-0.05, 0) is 32.4 Å². The Bertz CT molecular complexity index is 864. The Morgan fingerprint density at radius 1 is 0.957 bits per heavy atom. The summed E-state index contributed by atoms with van der Waals surface area (Å²) < 4.78 is 1.86. The molecule has 1 aromatic carbocycles. The van der Waals surface area contributed by atoms with Gasteiger partial charge < -0.3 is 24.4 Å². The molecule has 2 aromatic rings. The molecule has 2 rings (SSSR count). The maximum Gasteiger partial charge on any atom is 0.0724 e. The highest BCUT2D eigenvalue weighted by Gasteiger charge is 2.17. The summed E-state index contributed by atoms with van der Waals surface area (Å²) in [7, 11) is 1.85. The molecule has 0 N–H and O–H groups in total. The summed E-state index contributed by atoms with van der Waals surface area (Å²) >= 11 is 0. The topological polar surface area (TPSA) is 85.2 Å². The van der Waals surface area contributed by atoms with Crippen LogP contribution >= 0.6 is 0 Å². The van der Waals surface area contributed by atoms with Gasteiger partial charge in [0.15, 0.2) is 0 Å². The van der Waals surface area contributed by atoms with Crippen molar-refractivity contribution in [3.05, 3.63) is 52.7 Å². The molecule has 1 aromatic heterocycles. The second-order valence-electron chi connectivity index (χ2n) is 5.62. The summed E-state index contributed by atoms with van der Waals surface area (Å²) in [5.74, 6) is -3.06. The van der Waals surface area contributed by atoms with Crippen molar-refractivity contribution in [3.8, 4) is 0 Å². The zero-order valence-electron chi connectivity index (χ0n) is 13.5. The van der Waals surface area contributed by atoms with Crippen LogP contribution in [0.15, 0.2) is 47.2 Å². The lowest BCUT2D eigenvalue weighted by Gasteiger charge is -2.19. The van der Waals surface area contributed by atoms with Crippen molar-refractivity contribution in [1.29, 1.82) is 0 Å². The molecule has 0 aliphatic heterocycles. The molecule has 0 fully saturated rings. The molecular weight excluding hydrogens is 294 g/mol. The number of para-hydroxylation sites is 1. The zero-order chi connectivity index (χ0) is 17.3. The molecule has 0 amide bonds. The fourth-order valence-electron chi connectivity index (χ4n) is 2.77. The van der Waals surface area contributed by atoms with E-state index in [4.69, 9.17) is 0 Å². The smallest absolute Gasteiger partial charge is 0.0724 e.